The second-order valence-corrected chi connectivity index (χ2v) is 10.8. The number of pyridine rings is 1. The number of piperidine rings is 1. The lowest BCUT2D eigenvalue weighted by Crippen LogP contribution is -2.38. The molecule has 0 bridgehead atoms. The standard InChI is InChI=1S/C27H24F4N6O4S/c28-23-21(37-42(38,39)18-6-1-5-17(14-18)40-26(30)31)8-9-22(24(23)29)41-25-19(7-3-12-33-25)20-10-13-34-27(36-20)35-16-4-2-11-32-15-16/h1,3,5-10,12-14,16,26,32,37H,2,4,11,15H2,(H,34,35,36). The molecule has 0 aliphatic carbocycles. The highest BCUT2D eigenvalue weighted by molar-refractivity contribution is 7.92. The van der Waals surface area contributed by atoms with Crippen LogP contribution in [0.2, 0.25) is 0 Å². The van der Waals surface area contributed by atoms with Crippen LogP contribution in [0.15, 0.2) is 71.9 Å². The predicted molar refractivity (Wildman–Crippen MR) is 145 cm³/mol. The lowest BCUT2D eigenvalue weighted by Gasteiger charge is -2.23. The maximum Gasteiger partial charge on any atom is 0.387 e. The van der Waals surface area contributed by atoms with Gasteiger partial charge in [0.25, 0.3) is 10.0 Å². The summed E-state index contributed by atoms with van der Waals surface area (Å²) in [6.07, 6.45) is 4.92. The van der Waals surface area contributed by atoms with Gasteiger partial charge in [0.05, 0.1) is 21.8 Å². The van der Waals surface area contributed by atoms with Crippen molar-refractivity contribution in [3.05, 3.63) is 78.6 Å². The first-order valence-corrected chi connectivity index (χ1v) is 14.2. The fraction of sp³-hybridized carbons (Fsp3) is 0.222. The highest BCUT2D eigenvalue weighted by atomic mass is 32.2. The van der Waals surface area contributed by atoms with E-state index in [1.54, 1.807) is 24.4 Å². The van der Waals surface area contributed by atoms with Gasteiger partial charge in [0, 0.05) is 31.0 Å². The summed E-state index contributed by atoms with van der Waals surface area (Å²) in [5.74, 6) is -3.73. The molecule has 2 aromatic carbocycles. The van der Waals surface area contributed by atoms with Crippen molar-refractivity contribution in [3.8, 4) is 28.6 Å². The Labute approximate surface area is 238 Å². The minimum atomic E-state index is -4.50. The molecule has 0 saturated carbocycles. The molecule has 5 rings (SSSR count). The van der Waals surface area contributed by atoms with Crippen LogP contribution in [0.1, 0.15) is 12.8 Å². The third kappa shape index (κ3) is 6.86. The normalized spacial score (nSPS) is 15.3. The molecular weight excluding hydrogens is 580 g/mol. The van der Waals surface area contributed by atoms with E-state index >= 15 is 8.78 Å². The number of hydrogen-bond donors (Lipinski definition) is 3. The Bertz CT molecular complexity index is 1670. The van der Waals surface area contributed by atoms with Gasteiger partial charge in [-0.3, -0.25) is 4.72 Å². The number of ether oxygens (including phenoxy) is 2. The number of anilines is 2. The first kappa shape index (κ1) is 29.0. The van der Waals surface area contributed by atoms with Crippen LogP contribution in [0, 0.1) is 11.6 Å². The highest BCUT2D eigenvalue weighted by Crippen LogP contribution is 2.34. The van der Waals surface area contributed by atoms with Gasteiger partial charge in [-0.25, -0.2) is 27.8 Å². The molecule has 0 amide bonds. The Balaban J connectivity index is 1.36. The van der Waals surface area contributed by atoms with Crippen molar-refractivity contribution >= 4 is 21.7 Å². The van der Waals surface area contributed by atoms with Crippen molar-refractivity contribution in [2.45, 2.75) is 30.4 Å². The smallest absolute Gasteiger partial charge is 0.387 e. The van der Waals surface area contributed by atoms with Crippen LogP contribution in [0.4, 0.5) is 29.2 Å². The second-order valence-electron chi connectivity index (χ2n) is 9.11. The van der Waals surface area contributed by atoms with E-state index in [1.807, 2.05) is 4.72 Å². The molecule has 42 heavy (non-hydrogen) atoms. The van der Waals surface area contributed by atoms with E-state index in [2.05, 4.69) is 30.3 Å². The molecule has 220 valence electrons. The number of aromatic nitrogens is 3. The van der Waals surface area contributed by atoms with Gasteiger partial charge >= 0.3 is 6.61 Å². The minimum absolute atomic E-state index is 0.0797. The summed E-state index contributed by atoms with van der Waals surface area (Å²) >= 11 is 0. The molecule has 2 aromatic heterocycles. The quantitative estimate of drug-likeness (QED) is 0.210. The zero-order valence-electron chi connectivity index (χ0n) is 21.7. The van der Waals surface area contributed by atoms with Crippen LogP contribution in [-0.2, 0) is 10.0 Å². The largest absolute Gasteiger partial charge is 0.435 e. The summed E-state index contributed by atoms with van der Waals surface area (Å²) in [7, 11) is -4.50. The molecule has 3 N–H and O–H groups in total. The number of benzene rings is 2. The van der Waals surface area contributed by atoms with E-state index in [4.69, 9.17) is 4.74 Å². The Morgan fingerprint density at radius 3 is 2.64 bits per heavy atom. The van der Waals surface area contributed by atoms with Crippen LogP contribution in [0.5, 0.6) is 17.4 Å². The number of hydrogen-bond acceptors (Lipinski definition) is 9. The molecule has 1 aliphatic heterocycles. The van der Waals surface area contributed by atoms with Crippen molar-refractivity contribution in [1.82, 2.24) is 20.3 Å². The summed E-state index contributed by atoms with van der Waals surface area (Å²) in [4.78, 5) is 12.4. The Morgan fingerprint density at radius 1 is 1.00 bits per heavy atom. The van der Waals surface area contributed by atoms with Crippen LogP contribution < -0.4 is 24.8 Å². The zero-order valence-corrected chi connectivity index (χ0v) is 22.5. The van der Waals surface area contributed by atoms with Gasteiger partial charge < -0.3 is 20.1 Å². The predicted octanol–water partition coefficient (Wildman–Crippen LogP) is 5.18. The third-order valence-electron chi connectivity index (χ3n) is 6.17. The number of nitrogens with zero attached hydrogens (tertiary/aromatic N) is 3. The zero-order chi connectivity index (χ0) is 29.7. The molecule has 4 aromatic rings. The number of sulfonamides is 1. The first-order valence-electron chi connectivity index (χ1n) is 12.7. The lowest BCUT2D eigenvalue weighted by atomic mass is 10.1. The molecule has 3 heterocycles. The molecule has 1 atom stereocenters. The van der Waals surface area contributed by atoms with Gasteiger partial charge in [-0.2, -0.15) is 13.2 Å². The van der Waals surface area contributed by atoms with E-state index in [9.17, 15) is 17.2 Å². The molecule has 1 aliphatic rings. The van der Waals surface area contributed by atoms with Crippen molar-refractivity contribution in [3.63, 3.8) is 0 Å². The molecule has 1 fully saturated rings. The fourth-order valence-electron chi connectivity index (χ4n) is 4.22. The molecule has 1 saturated heterocycles. The summed E-state index contributed by atoms with van der Waals surface area (Å²) in [6, 6.07) is 11.2. The molecule has 15 heteroatoms. The Morgan fingerprint density at radius 2 is 1.86 bits per heavy atom. The van der Waals surface area contributed by atoms with Crippen LogP contribution in [0.25, 0.3) is 11.3 Å². The van der Waals surface area contributed by atoms with E-state index in [1.165, 1.54) is 6.20 Å². The number of halogens is 4. The average molecular weight is 605 g/mol. The fourth-order valence-corrected chi connectivity index (χ4v) is 5.31. The van der Waals surface area contributed by atoms with Gasteiger partial charge in [0.15, 0.2) is 11.6 Å². The number of nitrogens with one attached hydrogen (secondary N) is 3. The van der Waals surface area contributed by atoms with Crippen molar-refractivity contribution in [2.75, 3.05) is 23.1 Å². The number of rotatable bonds is 10. The van der Waals surface area contributed by atoms with Gasteiger partial charge in [0.1, 0.15) is 5.75 Å². The summed E-state index contributed by atoms with van der Waals surface area (Å²) in [6.45, 7) is -1.46. The maximum absolute atomic E-state index is 15.1. The Kier molecular flexibility index (Phi) is 8.68. The summed E-state index contributed by atoms with van der Waals surface area (Å²) in [5.41, 5.74) is 0.0629. The monoisotopic (exact) mass is 604 g/mol. The van der Waals surface area contributed by atoms with Crippen molar-refractivity contribution in [2.24, 2.45) is 0 Å². The topological polar surface area (TPSA) is 127 Å². The van der Waals surface area contributed by atoms with Crippen LogP contribution in [-0.4, -0.2) is 49.1 Å². The molecule has 0 radical (unpaired) electrons. The van der Waals surface area contributed by atoms with Crippen LogP contribution in [0.3, 0.4) is 0 Å². The van der Waals surface area contributed by atoms with Gasteiger partial charge in [-0.15, -0.1) is 0 Å². The third-order valence-corrected chi connectivity index (χ3v) is 7.53. The minimum Gasteiger partial charge on any atom is -0.435 e. The number of alkyl halides is 2. The maximum atomic E-state index is 15.1. The van der Waals surface area contributed by atoms with Crippen molar-refractivity contribution < 1.29 is 35.5 Å². The summed E-state index contributed by atoms with van der Waals surface area (Å²) in [5, 5.41) is 6.57. The lowest BCUT2D eigenvalue weighted by molar-refractivity contribution is -0.0499. The first-order chi connectivity index (χ1) is 20.2. The second kappa shape index (κ2) is 12.6. The van der Waals surface area contributed by atoms with Gasteiger partial charge in [-0.05, 0) is 61.9 Å². The highest BCUT2D eigenvalue weighted by Gasteiger charge is 2.23. The summed E-state index contributed by atoms with van der Waals surface area (Å²) < 4.78 is 92.3. The molecular formula is C27H24F4N6O4S. The molecule has 0 spiro atoms. The average Bonchev–Trinajstić information content (AvgIpc) is 2.98. The Hall–Kier alpha value is -4.50. The van der Waals surface area contributed by atoms with Crippen LogP contribution >= 0.6 is 0 Å². The van der Waals surface area contributed by atoms with Gasteiger partial charge in [-0.1, -0.05) is 6.07 Å². The van der Waals surface area contributed by atoms with E-state index in [0.29, 0.717) is 17.2 Å². The SMILES string of the molecule is O=S(=O)(Nc1ccc(Oc2ncccc2-c2ccnc(NC3CCCNC3)n2)c(F)c1F)c1cccc(OC(F)F)c1. The van der Waals surface area contributed by atoms with Crippen molar-refractivity contribution in [1.29, 1.82) is 0 Å². The van der Waals surface area contributed by atoms with Gasteiger partial charge in [0.2, 0.25) is 17.6 Å². The van der Waals surface area contributed by atoms with E-state index in [-0.39, 0.29) is 11.9 Å². The molecule has 10 nitrogen and oxygen atoms in total. The molecule has 1 unspecified atom stereocenters. The van der Waals surface area contributed by atoms with E-state index in [0.717, 1.165) is 62.3 Å². The van der Waals surface area contributed by atoms with E-state index < -0.39 is 50.4 Å².